The van der Waals surface area contributed by atoms with E-state index in [1.165, 1.54) is 0 Å². The quantitative estimate of drug-likeness (QED) is 0.893. The molecule has 0 aromatic heterocycles. The van der Waals surface area contributed by atoms with Crippen molar-refractivity contribution in [3.63, 3.8) is 0 Å². The van der Waals surface area contributed by atoms with E-state index >= 15 is 0 Å². The van der Waals surface area contributed by atoms with Gasteiger partial charge in [-0.25, -0.2) is 0 Å². The van der Waals surface area contributed by atoms with E-state index in [1.54, 1.807) is 25.1 Å². The van der Waals surface area contributed by atoms with Gasteiger partial charge in [-0.2, -0.15) is 0 Å². The van der Waals surface area contributed by atoms with Crippen molar-refractivity contribution >= 4 is 23.2 Å². The number of anilines is 1. The van der Waals surface area contributed by atoms with Crippen molar-refractivity contribution in [3.8, 4) is 11.5 Å². The summed E-state index contributed by atoms with van der Waals surface area (Å²) < 4.78 is 5.65. The van der Waals surface area contributed by atoms with Crippen LogP contribution in [0.1, 0.15) is 13.3 Å². The third-order valence-electron chi connectivity index (χ3n) is 2.51. The minimum Gasteiger partial charge on any atom is -0.456 e. The van der Waals surface area contributed by atoms with Crippen LogP contribution in [0.2, 0.25) is 5.02 Å². The van der Waals surface area contributed by atoms with E-state index < -0.39 is 0 Å². The third-order valence-corrected chi connectivity index (χ3v) is 2.80. The van der Waals surface area contributed by atoms with E-state index in [2.05, 4.69) is 5.32 Å². The molecule has 1 N–H and O–H groups in total. The van der Waals surface area contributed by atoms with Gasteiger partial charge in [0.05, 0.1) is 5.02 Å². The number of nitrogens with one attached hydrogen (secondary N) is 1. The first-order chi connectivity index (χ1) is 9.19. The minimum atomic E-state index is -0.0483. The summed E-state index contributed by atoms with van der Waals surface area (Å²) in [5.41, 5.74) is 0.664. The Kier molecular flexibility index (Phi) is 4.42. The van der Waals surface area contributed by atoms with Crippen molar-refractivity contribution in [1.29, 1.82) is 0 Å². The van der Waals surface area contributed by atoms with Gasteiger partial charge in [-0.1, -0.05) is 36.7 Å². The molecule has 0 saturated heterocycles. The highest BCUT2D eigenvalue weighted by Gasteiger charge is 2.06. The van der Waals surface area contributed by atoms with Gasteiger partial charge < -0.3 is 10.1 Å². The number of benzene rings is 2. The van der Waals surface area contributed by atoms with Gasteiger partial charge in [0.25, 0.3) is 0 Å². The molecule has 4 heteroatoms. The molecule has 0 heterocycles. The van der Waals surface area contributed by atoms with Gasteiger partial charge in [-0.05, 0) is 30.3 Å². The molecule has 0 atom stereocenters. The molecule has 2 aromatic rings. The molecule has 0 unspecified atom stereocenters. The zero-order chi connectivity index (χ0) is 13.7. The van der Waals surface area contributed by atoms with Crippen molar-refractivity contribution < 1.29 is 9.53 Å². The van der Waals surface area contributed by atoms with Crippen LogP contribution in [0.3, 0.4) is 0 Å². The maximum atomic E-state index is 11.3. The summed E-state index contributed by atoms with van der Waals surface area (Å²) in [4.78, 5) is 11.3. The molecule has 19 heavy (non-hydrogen) atoms. The lowest BCUT2D eigenvalue weighted by Gasteiger charge is -2.09. The average Bonchev–Trinajstić information content (AvgIpc) is 2.43. The van der Waals surface area contributed by atoms with Crippen LogP contribution in [0.15, 0.2) is 48.5 Å². The molecule has 0 bridgehead atoms. The van der Waals surface area contributed by atoms with Crippen LogP contribution in [0.25, 0.3) is 0 Å². The van der Waals surface area contributed by atoms with Crippen LogP contribution in [0.5, 0.6) is 11.5 Å². The van der Waals surface area contributed by atoms with Crippen molar-refractivity contribution in [2.75, 3.05) is 5.32 Å². The van der Waals surface area contributed by atoms with E-state index in [9.17, 15) is 4.79 Å². The van der Waals surface area contributed by atoms with Crippen molar-refractivity contribution in [2.45, 2.75) is 13.3 Å². The van der Waals surface area contributed by atoms with Crippen molar-refractivity contribution in [2.24, 2.45) is 0 Å². The zero-order valence-corrected chi connectivity index (χ0v) is 11.3. The SMILES string of the molecule is CCC(=O)Nc1ccc(Oc2ccccc2)c(Cl)c1. The maximum Gasteiger partial charge on any atom is 0.224 e. The smallest absolute Gasteiger partial charge is 0.224 e. The first kappa shape index (κ1) is 13.4. The highest BCUT2D eigenvalue weighted by Crippen LogP contribution is 2.31. The molecule has 1 amide bonds. The molecule has 0 aliphatic heterocycles. The number of hydrogen-bond acceptors (Lipinski definition) is 2. The molecule has 0 aliphatic rings. The molecular weight excluding hydrogens is 262 g/mol. The average molecular weight is 276 g/mol. The molecule has 98 valence electrons. The summed E-state index contributed by atoms with van der Waals surface area (Å²) in [6, 6.07) is 14.6. The van der Waals surface area contributed by atoms with Crippen LogP contribution < -0.4 is 10.1 Å². The number of amides is 1. The summed E-state index contributed by atoms with van der Waals surface area (Å²) in [7, 11) is 0. The number of carbonyl (C=O) groups excluding carboxylic acids is 1. The molecule has 0 fully saturated rings. The van der Waals surface area contributed by atoms with Crippen LogP contribution in [0.4, 0.5) is 5.69 Å². The minimum absolute atomic E-state index is 0.0483. The molecule has 0 radical (unpaired) electrons. The fraction of sp³-hybridized carbons (Fsp3) is 0.133. The fourth-order valence-corrected chi connectivity index (χ4v) is 1.75. The van der Waals surface area contributed by atoms with Crippen LogP contribution in [-0.4, -0.2) is 5.91 Å². The Morgan fingerprint density at radius 1 is 1.21 bits per heavy atom. The predicted molar refractivity (Wildman–Crippen MR) is 76.9 cm³/mol. The Bertz CT molecular complexity index is 570. The Labute approximate surface area is 117 Å². The van der Waals surface area contributed by atoms with Gasteiger partial charge in [-0.3, -0.25) is 4.79 Å². The van der Waals surface area contributed by atoms with Crippen molar-refractivity contribution in [1.82, 2.24) is 0 Å². The Morgan fingerprint density at radius 3 is 2.58 bits per heavy atom. The second-order valence-corrected chi connectivity index (χ2v) is 4.37. The molecule has 2 rings (SSSR count). The lowest BCUT2D eigenvalue weighted by atomic mass is 10.3. The topological polar surface area (TPSA) is 38.3 Å². The van der Waals surface area contributed by atoms with E-state index in [-0.39, 0.29) is 5.91 Å². The van der Waals surface area contributed by atoms with Gasteiger partial charge in [0.2, 0.25) is 5.91 Å². The Balaban J connectivity index is 2.13. The van der Waals surface area contributed by atoms with E-state index in [4.69, 9.17) is 16.3 Å². The van der Waals surface area contributed by atoms with E-state index in [0.717, 1.165) is 5.75 Å². The summed E-state index contributed by atoms with van der Waals surface area (Å²) in [6.45, 7) is 1.80. The summed E-state index contributed by atoms with van der Waals surface area (Å²) in [5, 5.41) is 3.20. The standard InChI is InChI=1S/C15H14ClNO2/c1-2-15(18)17-11-8-9-14(13(16)10-11)19-12-6-4-3-5-7-12/h3-10H,2H2,1H3,(H,17,18). The summed E-state index contributed by atoms with van der Waals surface area (Å²) >= 11 is 6.13. The maximum absolute atomic E-state index is 11.3. The van der Waals surface area contributed by atoms with Gasteiger partial charge in [0, 0.05) is 12.1 Å². The van der Waals surface area contributed by atoms with Gasteiger partial charge in [-0.15, -0.1) is 0 Å². The number of halogens is 1. The Hall–Kier alpha value is -2.00. The predicted octanol–water partition coefficient (Wildman–Crippen LogP) is 4.48. The lowest BCUT2D eigenvalue weighted by Crippen LogP contribution is -2.09. The first-order valence-electron chi connectivity index (χ1n) is 6.01. The second-order valence-electron chi connectivity index (χ2n) is 3.96. The number of ether oxygens (including phenoxy) is 1. The normalized spacial score (nSPS) is 10.0. The van der Waals surface area contributed by atoms with Crippen molar-refractivity contribution in [3.05, 3.63) is 53.6 Å². The molecule has 0 spiro atoms. The van der Waals surface area contributed by atoms with E-state index in [0.29, 0.717) is 22.9 Å². The van der Waals surface area contributed by atoms with Crippen LogP contribution >= 0.6 is 11.6 Å². The number of rotatable bonds is 4. The number of carbonyl (C=O) groups is 1. The first-order valence-corrected chi connectivity index (χ1v) is 6.39. The summed E-state index contributed by atoms with van der Waals surface area (Å²) in [5.74, 6) is 1.23. The zero-order valence-electron chi connectivity index (χ0n) is 10.5. The van der Waals surface area contributed by atoms with Crippen LogP contribution in [-0.2, 0) is 4.79 Å². The Morgan fingerprint density at radius 2 is 1.95 bits per heavy atom. The lowest BCUT2D eigenvalue weighted by molar-refractivity contribution is -0.115. The molecule has 0 aliphatic carbocycles. The highest BCUT2D eigenvalue weighted by molar-refractivity contribution is 6.32. The fourth-order valence-electron chi connectivity index (χ4n) is 1.53. The van der Waals surface area contributed by atoms with Gasteiger partial charge in [0.1, 0.15) is 11.5 Å². The van der Waals surface area contributed by atoms with Gasteiger partial charge >= 0.3 is 0 Å². The molecule has 2 aromatic carbocycles. The molecule has 3 nitrogen and oxygen atoms in total. The largest absolute Gasteiger partial charge is 0.456 e. The molecular formula is C15H14ClNO2. The second kappa shape index (κ2) is 6.25. The highest BCUT2D eigenvalue weighted by atomic mass is 35.5. The monoisotopic (exact) mass is 275 g/mol. The third kappa shape index (κ3) is 3.73. The number of hydrogen-bond donors (Lipinski definition) is 1. The molecule has 0 saturated carbocycles. The van der Waals surface area contributed by atoms with Gasteiger partial charge in [0.15, 0.2) is 0 Å². The van der Waals surface area contributed by atoms with Crippen LogP contribution in [0, 0.1) is 0 Å². The number of para-hydroxylation sites is 1. The van der Waals surface area contributed by atoms with E-state index in [1.807, 2.05) is 30.3 Å². The summed E-state index contributed by atoms with van der Waals surface area (Å²) in [6.07, 6.45) is 0.430.